The lowest BCUT2D eigenvalue weighted by molar-refractivity contribution is 0.259. The summed E-state index contributed by atoms with van der Waals surface area (Å²) in [5, 5.41) is 3.82. The van der Waals surface area contributed by atoms with Crippen LogP contribution in [-0.2, 0) is 0 Å². The highest BCUT2D eigenvalue weighted by Gasteiger charge is 2.05. The molecule has 0 heterocycles. The monoisotopic (exact) mass is 733 g/mol. The number of hydrogen-bond donors (Lipinski definition) is 1. The van der Waals surface area contributed by atoms with Gasteiger partial charge in [-0.1, -0.05) is 271 Å². The second-order valence-corrected chi connectivity index (χ2v) is 17.4. The van der Waals surface area contributed by atoms with Gasteiger partial charge in [0.1, 0.15) is 0 Å². The van der Waals surface area contributed by atoms with Crippen LogP contribution in [0.25, 0.3) is 0 Å². The van der Waals surface area contributed by atoms with E-state index in [9.17, 15) is 0 Å². The molecule has 0 amide bonds. The molecule has 0 spiro atoms. The predicted octanol–water partition coefficient (Wildman–Crippen LogP) is 17.3. The number of rotatable bonds is 48. The molecule has 1 N–H and O–H groups in total. The van der Waals surface area contributed by atoms with Crippen molar-refractivity contribution >= 4 is 0 Å². The molecular weight excluding hydrogens is 629 g/mol. The third kappa shape index (κ3) is 46.1. The first-order valence-corrected chi connectivity index (χ1v) is 25.3. The summed E-state index contributed by atoms with van der Waals surface area (Å²) in [6.07, 6.45) is 61.1. The van der Waals surface area contributed by atoms with Gasteiger partial charge in [-0.3, -0.25) is 0 Å². The maximum absolute atomic E-state index is 3.82. The standard InChI is InChI=1S/C50H104N2/c1-4-7-10-13-16-19-22-25-28-31-34-37-40-43-46-51-47-50-52(48-44-41-38-35-32-29-26-23-20-17-14-11-8-5-2)49-45-42-39-36-33-30-27-24-21-18-15-12-9-6-3/h51H,4-50H2,1-3H3. The Labute approximate surface area is 332 Å². The van der Waals surface area contributed by atoms with Crippen LogP contribution in [0.4, 0.5) is 0 Å². The van der Waals surface area contributed by atoms with Crippen LogP contribution in [0.5, 0.6) is 0 Å². The van der Waals surface area contributed by atoms with Gasteiger partial charge < -0.3 is 10.2 Å². The molecule has 2 nitrogen and oxygen atoms in total. The Morgan fingerprint density at radius 1 is 0.212 bits per heavy atom. The van der Waals surface area contributed by atoms with E-state index in [0.29, 0.717) is 0 Å². The number of hydrogen-bond acceptors (Lipinski definition) is 2. The minimum atomic E-state index is 1.19. The third-order valence-corrected chi connectivity index (χ3v) is 12.0. The summed E-state index contributed by atoms with van der Waals surface area (Å²) >= 11 is 0. The molecule has 0 bridgehead atoms. The molecule has 0 rings (SSSR count). The molecule has 0 aromatic rings. The minimum Gasteiger partial charge on any atom is -0.315 e. The first kappa shape index (κ1) is 51.9. The van der Waals surface area contributed by atoms with Crippen LogP contribution < -0.4 is 5.32 Å². The number of nitrogens with zero attached hydrogens (tertiary/aromatic N) is 1. The summed E-state index contributed by atoms with van der Waals surface area (Å²) in [4.78, 5) is 2.82. The lowest BCUT2D eigenvalue weighted by atomic mass is 10.0. The molecule has 0 aliphatic carbocycles. The van der Waals surface area contributed by atoms with E-state index in [4.69, 9.17) is 0 Å². The Balaban J connectivity index is 3.92. The molecule has 2 heteroatoms. The molecule has 0 saturated carbocycles. The number of unbranched alkanes of at least 4 members (excludes halogenated alkanes) is 39. The third-order valence-electron chi connectivity index (χ3n) is 12.0. The van der Waals surface area contributed by atoms with E-state index in [2.05, 4.69) is 31.0 Å². The summed E-state index contributed by atoms with van der Waals surface area (Å²) in [5.41, 5.74) is 0. The molecule has 0 aromatic carbocycles. The van der Waals surface area contributed by atoms with Crippen molar-refractivity contribution in [3.8, 4) is 0 Å². The van der Waals surface area contributed by atoms with Crippen LogP contribution in [-0.4, -0.2) is 37.6 Å². The van der Waals surface area contributed by atoms with Crippen LogP contribution in [0.2, 0.25) is 0 Å². The lowest BCUT2D eigenvalue weighted by Gasteiger charge is -2.22. The summed E-state index contributed by atoms with van der Waals surface area (Å²) in [6, 6.07) is 0. The summed E-state index contributed by atoms with van der Waals surface area (Å²) in [5.74, 6) is 0. The topological polar surface area (TPSA) is 15.3 Å². The van der Waals surface area contributed by atoms with Crippen LogP contribution in [0.1, 0.15) is 290 Å². The van der Waals surface area contributed by atoms with Gasteiger partial charge in [-0.2, -0.15) is 0 Å². The fourth-order valence-corrected chi connectivity index (χ4v) is 8.20. The average Bonchev–Trinajstić information content (AvgIpc) is 3.15. The van der Waals surface area contributed by atoms with Gasteiger partial charge in [0.25, 0.3) is 0 Å². The Hall–Kier alpha value is -0.0800. The van der Waals surface area contributed by atoms with Crippen LogP contribution in [0.15, 0.2) is 0 Å². The van der Waals surface area contributed by atoms with Gasteiger partial charge in [-0.15, -0.1) is 0 Å². The van der Waals surface area contributed by atoms with Gasteiger partial charge in [0.15, 0.2) is 0 Å². The van der Waals surface area contributed by atoms with Crippen molar-refractivity contribution in [1.29, 1.82) is 0 Å². The van der Waals surface area contributed by atoms with Gasteiger partial charge in [0, 0.05) is 13.1 Å². The molecule has 0 unspecified atom stereocenters. The Morgan fingerprint density at radius 2 is 0.423 bits per heavy atom. The summed E-state index contributed by atoms with van der Waals surface area (Å²) in [7, 11) is 0. The quantitative estimate of drug-likeness (QED) is 0.0627. The van der Waals surface area contributed by atoms with Crippen molar-refractivity contribution in [2.45, 2.75) is 290 Å². The van der Waals surface area contributed by atoms with Gasteiger partial charge in [-0.05, 0) is 38.9 Å². The highest BCUT2D eigenvalue weighted by molar-refractivity contribution is 4.62. The second kappa shape index (κ2) is 48.9. The molecule has 314 valence electrons. The van der Waals surface area contributed by atoms with Crippen molar-refractivity contribution in [1.82, 2.24) is 10.2 Å². The zero-order chi connectivity index (χ0) is 37.5. The first-order chi connectivity index (χ1) is 25.8. The van der Waals surface area contributed by atoms with E-state index < -0.39 is 0 Å². The SMILES string of the molecule is CCCCCCCCCCCCCCCCNCCN(CCCCCCCCCCCCCCCC)CCCCCCCCCCCCCCCC. The smallest absolute Gasteiger partial charge is 0.0107 e. The highest BCUT2D eigenvalue weighted by Crippen LogP contribution is 2.16. The largest absolute Gasteiger partial charge is 0.315 e. The minimum absolute atomic E-state index is 1.19. The zero-order valence-electron chi connectivity index (χ0n) is 37.2. The molecule has 0 radical (unpaired) electrons. The molecule has 0 atom stereocenters. The Kier molecular flexibility index (Phi) is 48.9. The van der Waals surface area contributed by atoms with E-state index in [1.807, 2.05) is 0 Å². The molecule has 0 aromatic heterocycles. The molecule has 0 aliphatic heterocycles. The second-order valence-electron chi connectivity index (χ2n) is 17.4. The molecule has 0 fully saturated rings. The summed E-state index contributed by atoms with van der Waals surface area (Å²) in [6.45, 7) is 13.3. The normalized spacial score (nSPS) is 11.8. The van der Waals surface area contributed by atoms with Crippen molar-refractivity contribution in [2.24, 2.45) is 0 Å². The zero-order valence-corrected chi connectivity index (χ0v) is 37.2. The maximum Gasteiger partial charge on any atom is 0.0107 e. The van der Waals surface area contributed by atoms with Crippen molar-refractivity contribution < 1.29 is 0 Å². The predicted molar refractivity (Wildman–Crippen MR) is 240 cm³/mol. The van der Waals surface area contributed by atoms with Gasteiger partial charge in [0.05, 0.1) is 0 Å². The Bertz CT molecular complexity index is 559. The first-order valence-electron chi connectivity index (χ1n) is 25.3. The summed E-state index contributed by atoms with van der Waals surface area (Å²) < 4.78 is 0. The molecule has 0 saturated heterocycles. The fourth-order valence-electron chi connectivity index (χ4n) is 8.20. The van der Waals surface area contributed by atoms with Crippen LogP contribution in [0.3, 0.4) is 0 Å². The maximum atomic E-state index is 3.82. The van der Waals surface area contributed by atoms with Crippen molar-refractivity contribution in [3.63, 3.8) is 0 Å². The number of nitrogens with one attached hydrogen (secondary N) is 1. The van der Waals surface area contributed by atoms with Crippen LogP contribution >= 0.6 is 0 Å². The van der Waals surface area contributed by atoms with Gasteiger partial charge in [0.2, 0.25) is 0 Å². The van der Waals surface area contributed by atoms with Crippen molar-refractivity contribution in [2.75, 3.05) is 32.7 Å². The Morgan fingerprint density at radius 3 is 0.673 bits per heavy atom. The van der Waals surface area contributed by atoms with Crippen LogP contribution in [0, 0.1) is 0 Å². The lowest BCUT2D eigenvalue weighted by Crippen LogP contribution is -2.34. The van der Waals surface area contributed by atoms with Crippen molar-refractivity contribution in [3.05, 3.63) is 0 Å². The van der Waals surface area contributed by atoms with E-state index in [1.165, 1.54) is 302 Å². The molecule has 52 heavy (non-hydrogen) atoms. The average molecular weight is 733 g/mol. The van der Waals surface area contributed by atoms with E-state index in [-0.39, 0.29) is 0 Å². The van der Waals surface area contributed by atoms with E-state index in [1.54, 1.807) is 0 Å². The van der Waals surface area contributed by atoms with E-state index in [0.717, 1.165) is 0 Å². The van der Waals surface area contributed by atoms with E-state index >= 15 is 0 Å². The molecular formula is C50H104N2. The van der Waals surface area contributed by atoms with Gasteiger partial charge in [-0.25, -0.2) is 0 Å². The highest BCUT2D eigenvalue weighted by atomic mass is 15.1. The van der Waals surface area contributed by atoms with Gasteiger partial charge >= 0.3 is 0 Å². The molecule has 0 aliphatic rings. The fraction of sp³-hybridized carbons (Fsp3) is 1.00.